The van der Waals surface area contributed by atoms with Gasteiger partial charge in [0.15, 0.2) is 11.5 Å². The second kappa shape index (κ2) is 13.9. The maximum Gasteiger partial charge on any atom is 0.238 e. The molecule has 0 atom stereocenters. The number of azo groups is 2. The lowest BCUT2D eigenvalue weighted by atomic mass is 10.1. The fraction of sp³-hybridized carbons (Fsp3) is 0.111. The minimum Gasteiger partial charge on any atom is -0.494 e. The van der Waals surface area contributed by atoms with Crippen molar-refractivity contribution >= 4 is 67.5 Å². The lowest BCUT2D eigenvalue weighted by Gasteiger charge is -2.19. The first kappa shape index (κ1) is 30.8. The van der Waals surface area contributed by atoms with Crippen molar-refractivity contribution in [3.05, 3.63) is 119 Å². The van der Waals surface area contributed by atoms with Crippen LogP contribution in [0.2, 0.25) is 10.0 Å². The molecule has 46 heavy (non-hydrogen) atoms. The Labute approximate surface area is 275 Å². The Bertz CT molecular complexity index is 1950. The van der Waals surface area contributed by atoms with Crippen LogP contribution < -0.4 is 18.9 Å². The highest BCUT2D eigenvalue weighted by Crippen LogP contribution is 2.42. The van der Waals surface area contributed by atoms with Crippen LogP contribution in [0.4, 0.5) is 22.7 Å². The van der Waals surface area contributed by atoms with Crippen molar-refractivity contribution in [3.8, 4) is 23.0 Å². The lowest BCUT2D eigenvalue weighted by molar-refractivity contribution is 0.0234. The number of hydrogen-bond acceptors (Lipinski definition) is 8. The Hall–Kier alpha value is -5.18. The van der Waals surface area contributed by atoms with Crippen molar-refractivity contribution in [2.75, 3.05) is 14.2 Å². The van der Waals surface area contributed by atoms with Crippen LogP contribution in [0, 0.1) is 0 Å². The molecule has 10 heteroatoms. The highest BCUT2D eigenvalue weighted by molar-refractivity contribution is 6.31. The van der Waals surface area contributed by atoms with E-state index in [2.05, 4.69) is 20.5 Å². The predicted octanol–water partition coefficient (Wildman–Crippen LogP) is 12.0. The van der Waals surface area contributed by atoms with Crippen LogP contribution in [0.3, 0.4) is 0 Å². The molecule has 0 fully saturated rings. The molecule has 0 aliphatic heterocycles. The molecule has 0 spiro atoms. The molecule has 8 nitrogen and oxygen atoms in total. The number of rotatable bonds is 10. The summed E-state index contributed by atoms with van der Waals surface area (Å²) in [5.41, 5.74) is 2.03. The van der Waals surface area contributed by atoms with Gasteiger partial charge in [0, 0.05) is 27.7 Å². The van der Waals surface area contributed by atoms with Gasteiger partial charge in [-0.15, -0.1) is 20.5 Å². The summed E-state index contributed by atoms with van der Waals surface area (Å²) in [6, 6.07) is 33.7. The number of nitrogens with zero attached hydrogens (tertiary/aromatic N) is 4. The van der Waals surface area contributed by atoms with Crippen LogP contribution >= 0.6 is 23.2 Å². The Balaban J connectivity index is 1.35. The van der Waals surface area contributed by atoms with Gasteiger partial charge in [0.05, 0.1) is 14.2 Å². The summed E-state index contributed by atoms with van der Waals surface area (Å²) in [5, 5.41) is 22.9. The molecule has 0 bridgehead atoms. The highest BCUT2D eigenvalue weighted by Gasteiger charge is 2.17. The van der Waals surface area contributed by atoms with Gasteiger partial charge in [-0.2, -0.15) is 0 Å². The highest BCUT2D eigenvalue weighted by atomic mass is 35.5. The number of hydrogen-bond donors (Lipinski definition) is 0. The normalized spacial score (nSPS) is 11.6. The zero-order valence-electron chi connectivity index (χ0n) is 25.1. The smallest absolute Gasteiger partial charge is 0.238 e. The summed E-state index contributed by atoms with van der Waals surface area (Å²) in [6.45, 7) is 1.80. The third-order valence-electron chi connectivity index (χ3n) is 7.11. The molecule has 0 saturated carbocycles. The monoisotopic (exact) mass is 650 g/mol. The Kier molecular flexibility index (Phi) is 9.28. The van der Waals surface area contributed by atoms with Gasteiger partial charge in [0.25, 0.3) is 0 Å². The van der Waals surface area contributed by atoms with Gasteiger partial charge in [-0.3, -0.25) is 0 Å². The number of halogens is 2. The maximum atomic E-state index is 6.37. The van der Waals surface area contributed by atoms with E-state index >= 15 is 0 Å². The average molecular weight is 652 g/mol. The minimum absolute atomic E-state index is 0.476. The van der Waals surface area contributed by atoms with Crippen molar-refractivity contribution in [2.24, 2.45) is 20.5 Å². The molecule has 0 aliphatic rings. The number of benzene rings is 6. The third-order valence-corrected chi connectivity index (χ3v) is 7.58. The van der Waals surface area contributed by atoms with E-state index in [1.165, 1.54) is 0 Å². The molecule has 0 saturated heterocycles. The Morgan fingerprint density at radius 1 is 0.500 bits per heavy atom. The van der Waals surface area contributed by atoms with E-state index in [4.69, 9.17) is 42.1 Å². The summed E-state index contributed by atoms with van der Waals surface area (Å²) in [6.07, 6.45) is -0.758. The molecule has 6 aromatic rings. The molecule has 6 aromatic carbocycles. The third kappa shape index (κ3) is 6.73. The van der Waals surface area contributed by atoms with Crippen LogP contribution in [-0.2, 0) is 0 Å². The van der Waals surface area contributed by atoms with Gasteiger partial charge >= 0.3 is 0 Å². The fourth-order valence-electron chi connectivity index (χ4n) is 4.94. The van der Waals surface area contributed by atoms with Gasteiger partial charge in [-0.25, -0.2) is 0 Å². The summed E-state index contributed by atoms with van der Waals surface area (Å²) in [4.78, 5) is 0. The van der Waals surface area contributed by atoms with Crippen LogP contribution in [0.25, 0.3) is 21.5 Å². The quantitative estimate of drug-likeness (QED) is 0.109. The van der Waals surface area contributed by atoms with Gasteiger partial charge in [0.1, 0.15) is 34.2 Å². The largest absolute Gasteiger partial charge is 0.494 e. The molecule has 0 N–H and O–H groups in total. The summed E-state index contributed by atoms with van der Waals surface area (Å²) >= 11 is 12.5. The Morgan fingerprint density at radius 3 is 1.35 bits per heavy atom. The summed E-state index contributed by atoms with van der Waals surface area (Å²) in [7, 11) is 3.14. The second-order valence-corrected chi connectivity index (χ2v) is 11.0. The van der Waals surface area contributed by atoms with Crippen molar-refractivity contribution in [3.63, 3.8) is 0 Å². The zero-order valence-corrected chi connectivity index (χ0v) is 26.7. The molecule has 0 heterocycles. The SMILES string of the molecule is COc1ccc(Cl)cc1/N=N/c1c(OC(C)Oc2ccc3ccccc3c2/N=N/c2cc(Cl)ccc2OC)ccc2ccccc12. The summed E-state index contributed by atoms with van der Waals surface area (Å²) < 4.78 is 23.6. The number of ether oxygens (including phenoxy) is 4. The molecule has 0 unspecified atom stereocenters. The van der Waals surface area contributed by atoms with Crippen LogP contribution in [0.1, 0.15) is 6.92 Å². The van der Waals surface area contributed by atoms with Gasteiger partial charge in [0.2, 0.25) is 6.29 Å². The maximum absolute atomic E-state index is 6.37. The molecule has 230 valence electrons. The standard InChI is InChI=1S/C36H28Cl2N4O4/c1-22(45-33-16-12-23-8-4-6-10-27(23)35(33)41-39-29-20-25(37)14-18-31(29)43-2)46-34-17-13-24-9-5-7-11-28(24)36(34)42-40-30-21-26(38)15-19-32(30)44-3/h4-22H,1-3H3/b41-39+,42-40+. The van der Waals surface area contributed by atoms with Crippen LogP contribution in [0.15, 0.2) is 130 Å². The van der Waals surface area contributed by atoms with Gasteiger partial charge in [-0.05, 0) is 59.3 Å². The van der Waals surface area contributed by atoms with E-state index in [9.17, 15) is 0 Å². The van der Waals surface area contributed by atoms with E-state index in [0.29, 0.717) is 55.8 Å². The molecule has 0 aliphatic carbocycles. The molecular weight excluding hydrogens is 623 g/mol. The van der Waals surface area contributed by atoms with E-state index in [0.717, 1.165) is 21.5 Å². The van der Waals surface area contributed by atoms with E-state index in [-0.39, 0.29) is 0 Å². The zero-order chi connectivity index (χ0) is 32.0. The van der Waals surface area contributed by atoms with Crippen molar-refractivity contribution in [1.82, 2.24) is 0 Å². The molecule has 0 aromatic heterocycles. The van der Waals surface area contributed by atoms with Crippen molar-refractivity contribution in [1.29, 1.82) is 0 Å². The molecule has 6 rings (SSSR count). The number of fused-ring (bicyclic) bond motifs is 2. The molecule has 0 radical (unpaired) electrons. The topological polar surface area (TPSA) is 86.4 Å². The van der Waals surface area contributed by atoms with Crippen LogP contribution in [0.5, 0.6) is 23.0 Å². The first-order valence-corrected chi connectivity index (χ1v) is 15.1. The molecule has 0 amide bonds. The fourth-order valence-corrected chi connectivity index (χ4v) is 5.27. The van der Waals surface area contributed by atoms with Crippen molar-refractivity contribution in [2.45, 2.75) is 13.2 Å². The molecular formula is C36H28Cl2N4O4. The van der Waals surface area contributed by atoms with Crippen LogP contribution in [-0.4, -0.2) is 20.5 Å². The lowest BCUT2D eigenvalue weighted by Crippen LogP contribution is -2.19. The van der Waals surface area contributed by atoms with Gasteiger partial charge in [-0.1, -0.05) is 83.9 Å². The Morgan fingerprint density at radius 2 is 0.913 bits per heavy atom. The van der Waals surface area contributed by atoms with Crippen molar-refractivity contribution < 1.29 is 18.9 Å². The predicted molar refractivity (Wildman–Crippen MR) is 183 cm³/mol. The van der Waals surface area contributed by atoms with E-state index < -0.39 is 6.29 Å². The van der Waals surface area contributed by atoms with E-state index in [1.54, 1.807) is 57.5 Å². The number of methoxy groups -OCH3 is 2. The first-order valence-electron chi connectivity index (χ1n) is 14.3. The summed E-state index contributed by atoms with van der Waals surface area (Å²) in [5.74, 6) is 2.04. The second-order valence-electron chi connectivity index (χ2n) is 10.1. The van der Waals surface area contributed by atoms with E-state index in [1.807, 2.05) is 72.8 Å². The minimum atomic E-state index is -0.758. The first-order chi connectivity index (χ1) is 22.4. The average Bonchev–Trinajstić information content (AvgIpc) is 3.07. The van der Waals surface area contributed by atoms with Gasteiger partial charge < -0.3 is 18.9 Å².